The minimum absolute atomic E-state index is 0.815. The number of H-pyrrole nitrogens is 1. The minimum Gasteiger partial charge on any atom is -0.360 e. The van der Waals surface area contributed by atoms with Gasteiger partial charge >= 0.3 is 10.8 Å². The molecule has 0 fully saturated rings. The van der Waals surface area contributed by atoms with Gasteiger partial charge in [-0.1, -0.05) is 0 Å². The molecule has 0 aromatic carbocycles. The quantitative estimate of drug-likeness (QED) is 0.609. The predicted octanol–water partition coefficient (Wildman–Crippen LogP) is 3.09. The van der Waals surface area contributed by atoms with E-state index in [2.05, 4.69) is 0 Å². The fraction of sp³-hybridized carbons (Fsp3) is 0.333. The van der Waals surface area contributed by atoms with Gasteiger partial charge in [-0.25, -0.2) is 0 Å². The van der Waals surface area contributed by atoms with Crippen LogP contribution in [0, 0.1) is 0 Å². The van der Waals surface area contributed by atoms with Crippen molar-refractivity contribution in [2.45, 2.75) is 10.8 Å². The molecule has 6 heteroatoms. The largest absolute Gasteiger partial charge is 0.369 e. The van der Waals surface area contributed by atoms with Crippen LogP contribution in [0.1, 0.15) is 5.69 Å². The lowest BCUT2D eigenvalue weighted by Gasteiger charge is -2.19. The molecule has 0 unspecified atom stereocenters. The summed E-state index contributed by atoms with van der Waals surface area (Å²) in [6, 6.07) is 2.12. The normalized spacial score (nSPS) is 13.4. The second-order valence-corrected chi connectivity index (χ2v) is 3.15. The summed E-state index contributed by atoms with van der Waals surface area (Å²) in [4.78, 5) is -2.21. The van der Waals surface area contributed by atoms with Crippen molar-refractivity contribution in [3.05, 3.63) is 24.0 Å². The summed E-state index contributed by atoms with van der Waals surface area (Å²) in [6.07, 6.45) is 1.15. The van der Waals surface area contributed by atoms with Crippen molar-refractivity contribution in [3.63, 3.8) is 0 Å². The fourth-order valence-corrected chi connectivity index (χ4v) is 0.892. The van der Waals surface area contributed by atoms with Crippen LogP contribution in [-0.2, 0) is 5.92 Å². The van der Waals surface area contributed by atoms with Crippen LogP contribution < -0.4 is 0 Å². The SMILES string of the molecule is FC(F)(Br)C(F)(F)c1ccc[nH]1. The summed E-state index contributed by atoms with van der Waals surface area (Å²) >= 11 is 1.62. The van der Waals surface area contributed by atoms with E-state index in [4.69, 9.17) is 0 Å². The van der Waals surface area contributed by atoms with Crippen molar-refractivity contribution < 1.29 is 17.6 Å². The van der Waals surface area contributed by atoms with Gasteiger partial charge in [0, 0.05) is 6.20 Å². The zero-order valence-electron chi connectivity index (χ0n) is 5.62. The van der Waals surface area contributed by atoms with Crippen LogP contribution in [0.5, 0.6) is 0 Å². The third-order valence-electron chi connectivity index (χ3n) is 1.29. The first kappa shape index (κ1) is 9.57. The number of aromatic amines is 1. The van der Waals surface area contributed by atoms with Gasteiger partial charge in [0.15, 0.2) is 0 Å². The van der Waals surface area contributed by atoms with Gasteiger partial charge in [0.05, 0.1) is 5.69 Å². The molecule has 0 amide bonds. The van der Waals surface area contributed by atoms with Crippen molar-refractivity contribution in [1.29, 1.82) is 0 Å². The minimum atomic E-state index is -4.23. The van der Waals surface area contributed by atoms with E-state index in [9.17, 15) is 17.6 Å². The summed E-state index contributed by atoms with van der Waals surface area (Å²) in [6.45, 7) is 0. The highest BCUT2D eigenvalue weighted by Gasteiger charge is 2.56. The van der Waals surface area contributed by atoms with Crippen molar-refractivity contribution in [2.75, 3.05) is 0 Å². The lowest BCUT2D eigenvalue weighted by molar-refractivity contribution is -0.156. The van der Waals surface area contributed by atoms with Crippen molar-refractivity contribution in [1.82, 2.24) is 4.98 Å². The first-order valence-corrected chi connectivity index (χ1v) is 3.73. The van der Waals surface area contributed by atoms with E-state index in [1.54, 1.807) is 15.9 Å². The molecule has 0 saturated heterocycles. The topological polar surface area (TPSA) is 15.8 Å². The summed E-state index contributed by atoms with van der Waals surface area (Å²) in [5.74, 6) is -4.21. The summed E-state index contributed by atoms with van der Waals surface area (Å²) in [5.41, 5.74) is -0.815. The van der Waals surface area contributed by atoms with E-state index in [0.29, 0.717) is 0 Å². The number of rotatable bonds is 2. The molecule has 0 spiro atoms. The maximum absolute atomic E-state index is 12.7. The van der Waals surface area contributed by atoms with Crippen LogP contribution in [0.3, 0.4) is 0 Å². The van der Waals surface area contributed by atoms with E-state index >= 15 is 0 Å². The highest BCUT2D eigenvalue weighted by molar-refractivity contribution is 9.10. The molecular weight excluding hydrogens is 242 g/mol. The number of aromatic nitrogens is 1. The van der Waals surface area contributed by atoms with Gasteiger partial charge in [-0.2, -0.15) is 17.6 Å². The van der Waals surface area contributed by atoms with Gasteiger partial charge in [0.1, 0.15) is 0 Å². The molecule has 1 rings (SSSR count). The monoisotopic (exact) mass is 245 g/mol. The van der Waals surface area contributed by atoms with Crippen LogP contribution in [0.4, 0.5) is 17.6 Å². The molecule has 0 aliphatic heterocycles. The summed E-state index contributed by atoms with van der Waals surface area (Å²) < 4.78 is 49.8. The summed E-state index contributed by atoms with van der Waals surface area (Å²) in [5, 5.41) is 0. The van der Waals surface area contributed by atoms with E-state index < -0.39 is 16.4 Å². The third-order valence-corrected chi connectivity index (χ3v) is 1.79. The standard InChI is InChI=1S/C6H4BrF4N/c7-6(10,11)5(8,9)4-2-1-3-12-4/h1-3,12H. The molecule has 1 nitrogen and oxygen atoms in total. The van der Waals surface area contributed by atoms with E-state index in [1.165, 1.54) is 6.07 Å². The third kappa shape index (κ3) is 1.48. The highest BCUT2D eigenvalue weighted by atomic mass is 79.9. The number of nitrogens with one attached hydrogen (secondary N) is 1. The zero-order chi connectivity index (χ0) is 9.41. The van der Waals surface area contributed by atoms with Gasteiger partial charge in [0.2, 0.25) is 0 Å². The number of halogens is 5. The predicted molar refractivity (Wildman–Crippen MR) is 38.6 cm³/mol. The number of alkyl halides is 5. The van der Waals surface area contributed by atoms with Crippen molar-refractivity contribution in [2.24, 2.45) is 0 Å². The second kappa shape index (κ2) is 2.76. The lowest BCUT2D eigenvalue weighted by Crippen LogP contribution is -2.32. The average molecular weight is 246 g/mol. The number of hydrogen-bond donors (Lipinski definition) is 1. The maximum atomic E-state index is 12.7. The zero-order valence-corrected chi connectivity index (χ0v) is 7.21. The van der Waals surface area contributed by atoms with Gasteiger partial charge in [0.25, 0.3) is 0 Å². The Hall–Kier alpha value is -0.520. The molecule has 1 heterocycles. The van der Waals surface area contributed by atoms with E-state index in [1.807, 2.05) is 4.98 Å². The second-order valence-electron chi connectivity index (χ2n) is 2.16. The Balaban J connectivity index is 3.02. The Morgan fingerprint density at radius 3 is 2.17 bits per heavy atom. The Bertz CT molecular complexity index is 251. The van der Waals surface area contributed by atoms with Crippen LogP contribution in [0.15, 0.2) is 18.3 Å². The van der Waals surface area contributed by atoms with Crippen LogP contribution in [0.25, 0.3) is 0 Å². The van der Waals surface area contributed by atoms with Gasteiger partial charge in [-0.3, -0.25) is 0 Å². The average Bonchev–Trinajstić information content (AvgIpc) is 2.34. The molecule has 1 aromatic heterocycles. The van der Waals surface area contributed by atoms with E-state index in [0.717, 1.165) is 12.3 Å². The molecule has 0 aliphatic carbocycles. The molecule has 12 heavy (non-hydrogen) atoms. The molecule has 0 aliphatic rings. The molecule has 0 bridgehead atoms. The Morgan fingerprint density at radius 1 is 1.25 bits per heavy atom. The molecule has 1 aromatic rings. The molecule has 0 atom stereocenters. The van der Waals surface area contributed by atoms with Gasteiger partial charge in [-0.05, 0) is 28.1 Å². The Kier molecular flexibility index (Phi) is 2.20. The smallest absolute Gasteiger partial charge is 0.360 e. The first-order chi connectivity index (χ1) is 5.36. The molecular formula is C6H4BrF4N. The van der Waals surface area contributed by atoms with Crippen LogP contribution >= 0.6 is 15.9 Å². The maximum Gasteiger partial charge on any atom is 0.369 e. The summed E-state index contributed by atoms with van der Waals surface area (Å²) in [7, 11) is 0. The van der Waals surface area contributed by atoms with Gasteiger partial charge < -0.3 is 4.98 Å². The number of hydrogen-bond acceptors (Lipinski definition) is 0. The lowest BCUT2D eigenvalue weighted by atomic mass is 10.2. The highest BCUT2D eigenvalue weighted by Crippen LogP contribution is 2.45. The molecule has 0 radical (unpaired) electrons. The molecule has 0 saturated carbocycles. The van der Waals surface area contributed by atoms with Crippen molar-refractivity contribution >= 4 is 15.9 Å². The van der Waals surface area contributed by atoms with Crippen LogP contribution in [0.2, 0.25) is 0 Å². The van der Waals surface area contributed by atoms with Crippen molar-refractivity contribution in [3.8, 4) is 0 Å². The Labute approximate surface area is 73.9 Å². The van der Waals surface area contributed by atoms with E-state index in [-0.39, 0.29) is 0 Å². The molecule has 1 N–H and O–H groups in total. The van der Waals surface area contributed by atoms with Gasteiger partial charge in [-0.15, -0.1) is 0 Å². The first-order valence-electron chi connectivity index (χ1n) is 2.94. The fourth-order valence-electron chi connectivity index (χ4n) is 0.678. The Morgan fingerprint density at radius 2 is 1.83 bits per heavy atom. The molecule has 68 valence electrons. The van der Waals surface area contributed by atoms with Crippen LogP contribution in [-0.4, -0.2) is 9.82 Å².